The van der Waals surface area contributed by atoms with Crippen LogP contribution in [0.2, 0.25) is 0 Å². The van der Waals surface area contributed by atoms with Crippen LogP contribution in [0.5, 0.6) is 5.75 Å². The molecule has 0 aliphatic rings. The minimum absolute atomic E-state index is 0.170. The van der Waals surface area contributed by atoms with Crippen LogP contribution in [0.1, 0.15) is 5.69 Å². The number of hydrogen-bond donors (Lipinski definition) is 1. The number of benzene rings is 2. The normalized spacial score (nSPS) is 11.3. The summed E-state index contributed by atoms with van der Waals surface area (Å²) in [5.41, 5.74) is 2.06. The maximum absolute atomic E-state index is 12.6. The number of imidazole rings is 1. The highest BCUT2D eigenvalue weighted by Gasteiger charge is 2.18. The first-order valence-electron chi connectivity index (χ1n) is 7.37. The number of aromatic nitrogens is 2. The largest absolute Gasteiger partial charge is 0.494 e. The summed E-state index contributed by atoms with van der Waals surface area (Å²) >= 11 is 3.26. The smallest absolute Gasteiger partial charge is 0.263 e. The monoisotopic (exact) mass is 421 g/mol. The Morgan fingerprint density at radius 3 is 2.60 bits per heavy atom. The van der Waals surface area contributed by atoms with Crippen LogP contribution in [-0.4, -0.2) is 25.1 Å². The number of hydrogen-bond acceptors (Lipinski definition) is 4. The van der Waals surface area contributed by atoms with E-state index in [0.717, 1.165) is 11.4 Å². The Hall–Kier alpha value is -2.32. The molecule has 1 heterocycles. The van der Waals surface area contributed by atoms with E-state index in [-0.39, 0.29) is 4.90 Å². The van der Waals surface area contributed by atoms with E-state index in [4.69, 9.17) is 4.74 Å². The highest BCUT2D eigenvalue weighted by molar-refractivity contribution is 9.10. The number of methoxy groups -OCH3 is 1. The molecule has 2 aromatic carbocycles. The summed E-state index contributed by atoms with van der Waals surface area (Å²) in [6, 6.07) is 11.7. The van der Waals surface area contributed by atoms with E-state index in [2.05, 4.69) is 25.6 Å². The van der Waals surface area contributed by atoms with Gasteiger partial charge in [0.1, 0.15) is 10.6 Å². The molecule has 0 bridgehead atoms. The molecule has 6 nitrogen and oxygen atoms in total. The molecule has 25 heavy (non-hydrogen) atoms. The number of nitrogens with zero attached hydrogens (tertiary/aromatic N) is 2. The lowest BCUT2D eigenvalue weighted by molar-refractivity contribution is 0.413. The predicted octanol–water partition coefficient (Wildman–Crippen LogP) is 3.75. The molecule has 0 aliphatic heterocycles. The average Bonchev–Trinajstić information content (AvgIpc) is 3.01. The minimum Gasteiger partial charge on any atom is -0.494 e. The quantitative estimate of drug-likeness (QED) is 0.680. The van der Waals surface area contributed by atoms with Crippen LogP contribution < -0.4 is 9.46 Å². The first-order valence-corrected chi connectivity index (χ1v) is 9.64. The third-order valence-corrected chi connectivity index (χ3v) is 5.94. The summed E-state index contributed by atoms with van der Waals surface area (Å²) < 4.78 is 35.5. The highest BCUT2D eigenvalue weighted by Crippen LogP contribution is 2.29. The molecule has 0 atom stereocenters. The first-order chi connectivity index (χ1) is 11.9. The number of aryl methyl sites for hydroxylation is 1. The van der Waals surface area contributed by atoms with Gasteiger partial charge in [-0.15, -0.1) is 0 Å². The van der Waals surface area contributed by atoms with Crippen LogP contribution in [0.25, 0.3) is 5.69 Å². The molecule has 0 saturated heterocycles. The van der Waals surface area contributed by atoms with Gasteiger partial charge in [0.25, 0.3) is 10.0 Å². The Balaban J connectivity index is 1.95. The molecule has 3 rings (SSSR count). The van der Waals surface area contributed by atoms with Crippen molar-refractivity contribution in [1.82, 2.24) is 9.55 Å². The molecule has 1 aromatic heterocycles. The van der Waals surface area contributed by atoms with Gasteiger partial charge in [0, 0.05) is 16.7 Å². The topological polar surface area (TPSA) is 73.2 Å². The van der Waals surface area contributed by atoms with E-state index < -0.39 is 10.0 Å². The lowest BCUT2D eigenvalue weighted by atomic mass is 10.2. The van der Waals surface area contributed by atoms with Crippen molar-refractivity contribution in [2.45, 2.75) is 11.8 Å². The van der Waals surface area contributed by atoms with Gasteiger partial charge in [-0.25, -0.2) is 13.4 Å². The zero-order valence-electron chi connectivity index (χ0n) is 13.6. The summed E-state index contributed by atoms with van der Waals surface area (Å²) in [5.74, 6) is 0.532. The van der Waals surface area contributed by atoms with Crippen LogP contribution in [0.3, 0.4) is 0 Å². The van der Waals surface area contributed by atoms with Crippen molar-refractivity contribution in [3.8, 4) is 11.4 Å². The van der Waals surface area contributed by atoms with Crippen LogP contribution in [0.4, 0.5) is 5.69 Å². The molecule has 8 heteroatoms. The Bertz CT molecular complexity index is 1020. The lowest BCUT2D eigenvalue weighted by Crippen LogP contribution is -2.13. The standard InChI is InChI=1S/C17H16BrN3O3S/c1-12-10-21(11-19-12)15-8-7-13(9-16(15)24-2)20-25(22,23)17-6-4-3-5-14(17)18/h3-11,20H,1-2H3. The van der Waals surface area contributed by atoms with Crippen LogP contribution in [-0.2, 0) is 10.0 Å². The van der Waals surface area contributed by atoms with Crippen molar-refractivity contribution in [1.29, 1.82) is 0 Å². The van der Waals surface area contributed by atoms with E-state index >= 15 is 0 Å². The summed E-state index contributed by atoms with van der Waals surface area (Å²) in [6.45, 7) is 1.89. The molecule has 0 unspecified atom stereocenters. The molecule has 3 aromatic rings. The number of sulfonamides is 1. The number of nitrogens with one attached hydrogen (secondary N) is 1. The van der Waals surface area contributed by atoms with Gasteiger partial charge in [0.2, 0.25) is 0 Å². The average molecular weight is 422 g/mol. The Morgan fingerprint density at radius 2 is 1.96 bits per heavy atom. The second kappa shape index (κ2) is 6.89. The Labute approximate surface area is 154 Å². The molecule has 0 amide bonds. The molecular weight excluding hydrogens is 406 g/mol. The van der Waals surface area contributed by atoms with Crippen molar-refractivity contribution in [2.75, 3.05) is 11.8 Å². The van der Waals surface area contributed by atoms with E-state index in [0.29, 0.717) is 15.9 Å². The number of ether oxygens (including phenoxy) is 1. The SMILES string of the molecule is COc1cc(NS(=O)(=O)c2ccccc2Br)ccc1-n1cnc(C)c1. The first kappa shape index (κ1) is 17.5. The van der Waals surface area contributed by atoms with Gasteiger partial charge < -0.3 is 9.30 Å². The summed E-state index contributed by atoms with van der Waals surface area (Å²) in [4.78, 5) is 4.36. The van der Waals surface area contributed by atoms with Crippen molar-refractivity contribution in [3.63, 3.8) is 0 Å². The highest BCUT2D eigenvalue weighted by atomic mass is 79.9. The van der Waals surface area contributed by atoms with Gasteiger partial charge in [0.05, 0.1) is 30.5 Å². The zero-order valence-corrected chi connectivity index (χ0v) is 16.0. The van der Waals surface area contributed by atoms with Crippen LogP contribution in [0.15, 0.2) is 64.4 Å². The maximum atomic E-state index is 12.6. The summed E-state index contributed by atoms with van der Waals surface area (Å²) in [7, 11) is -2.18. The maximum Gasteiger partial charge on any atom is 0.263 e. The summed E-state index contributed by atoms with van der Waals surface area (Å²) in [5, 5.41) is 0. The van der Waals surface area contributed by atoms with Crippen LogP contribution >= 0.6 is 15.9 Å². The third-order valence-electron chi connectivity index (χ3n) is 3.55. The third kappa shape index (κ3) is 3.69. The van der Waals surface area contributed by atoms with Crippen molar-refractivity contribution in [2.24, 2.45) is 0 Å². The predicted molar refractivity (Wildman–Crippen MR) is 99.8 cm³/mol. The Kier molecular flexibility index (Phi) is 4.82. The lowest BCUT2D eigenvalue weighted by Gasteiger charge is -2.13. The van der Waals surface area contributed by atoms with E-state index in [1.807, 2.05) is 17.7 Å². The fraction of sp³-hybridized carbons (Fsp3) is 0.118. The second-order valence-corrected chi connectivity index (χ2v) is 7.85. The molecule has 0 aliphatic carbocycles. The van der Waals surface area contributed by atoms with E-state index in [1.165, 1.54) is 13.2 Å². The number of anilines is 1. The fourth-order valence-corrected chi connectivity index (χ4v) is 4.43. The second-order valence-electron chi connectivity index (χ2n) is 5.34. The number of halogens is 1. The molecule has 0 saturated carbocycles. The molecule has 130 valence electrons. The molecule has 0 fully saturated rings. The van der Waals surface area contributed by atoms with Crippen molar-refractivity contribution >= 4 is 31.6 Å². The van der Waals surface area contributed by atoms with Gasteiger partial charge in [-0.3, -0.25) is 4.72 Å². The fourth-order valence-electron chi connectivity index (χ4n) is 2.38. The van der Waals surface area contributed by atoms with Crippen LogP contribution in [0, 0.1) is 6.92 Å². The van der Waals surface area contributed by atoms with Gasteiger partial charge in [0.15, 0.2) is 0 Å². The minimum atomic E-state index is -3.71. The zero-order chi connectivity index (χ0) is 18.0. The van der Waals surface area contributed by atoms with Gasteiger partial charge in [-0.2, -0.15) is 0 Å². The van der Waals surface area contributed by atoms with Gasteiger partial charge >= 0.3 is 0 Å². The molecule has 0 spiro atoms. The van der Waals surface area contributed by atoms with Gasteiger partial charge in [-0.1, -0.05) is 12.1 Å². The summed E-state index contributed by atoms with van der Waals surface area (Å²) in [6.07, 6.45) is 3.54. The molecular formula is C17H16BrN3O3S. The molecule has 1 N–H and O–H groups in total. The van der Waals surface area contributed by atoms with Gasteiger partial charge in [-0.05, 0) is 47.1 Å². The number of rotatable bonds is 5. The van der Waals surface area contributed by atoms with Crippen molar-refractivity contribution in [3.05, 3.63) is 65.2 Å². The van der Waals surface area contributed by atoms with E-state index in [1.54, 1.807) is 42.7 Å². The van der Waals surface area contributed by atoms with E-state index in [9.17, 15) is 8.42 Å². The van der Waals surface area contributed by atoms with Crippen molar-refractivity contribution < 1.29 is 13.2 Å². The Morgan fingerprint density at radius 1 is 1.20 bits per heavy atom. The molecule has 0 radical (unpaired) electrons.